The van der Waals surface area contributed by atoms with E-state index in [1.54, 1.807) is 0 Å². The van der Waals surface area contributed by atoms with Crippen molar-refractivity contribution in [3.05, 3.63) is 36.0 Å². The van der Waals surface area contributed by atoms with Gasteiger partial charge in [-0.15, -0.1) is 0 Å². The monoisotopic (exact) mass is 245 g/mol. The van der Waals surface area contributed by atoms with Crippen LogP contribution in [0.3, 0.4) is 0 Å². The van der Waals surface area contributed by atoms with E-state index in [0.29, 0.717) is 13.0 Å². The first kappa shape index (κ1) is 12.6. The van der Waals surface area contributed by atoms with E-state index in [1.165, 1.54) is 0 Å². The van der Waals surface area contributed by atoms with E-state index in [2.05, 4.69) is 11.4 Å². The number of nitrogens with one attached hydrogen (secondary N) is 1. The first-order valence-electron chi connectivity index (χ1n) is 6.14. The molecule has 0 aliphatic carbocycles. The Morgan fingerprint density at radius 1 is 1.44 bits per heavy atom. The first-order valence-corrected chi connectivity index (χ1v) is 6.14. The molecule has 0 spiro atoms. The van der Waals surface area contributed by atoms with Crippen LogP contribution in [0.1, 0.15) is 12.5 Å². The summed E-state index contributed by atoms with van der Waals surface area (Å²) < 4.78 is 2.05. The molecule has 3 N–H and O–H groups in total. The fourth-order valence-electron chi connectivity index (χ4n) is 2.12. The van der Waals surface area contributed by atoms with Gasteiger partial charge in [0.1, 0.15) is 0 Å². The Balaban J connectivity index is 2.19. The van der Waals surface area contributed by atoms with Gasteiger partial charge in [0.2, 0.25) is 5.91 Å². The van der Waals surface area contributed by atoms with E-state index in [1.807, 2.05) is 42.9 Å². The van der Waals surface area contributed by atoms with Crippen molar-refractivity contribution in [3.8, 4) is 0 Å². The zero-order valence-corrected chi connectivity index (χ0v) is 10.8. The second kappa shape index (κ2) is 5.23. The zero-order chi connectivity index (χ0) is 13.1. The third kappa shape index (κ3) is 2.54. The predicted molar refractivity (Wildman–Crippen MR) is 73.3 cm³/mol. The Labute approximate surface area is 107 Å². The number of carbonyl (C=O) groups excluding carboxylic acids is 1. The van der Waals surface area contributed by atoms with Crippen molar-refractivity contribution in [2.24, 2.45) is 12.8 Å². The molecule has 1 heterocycles. The smallest absolute Gasteiger partial charge is 0.224 e. The Kier molecular flexibility index (Phi) is 3.67. The van der Waals surface area contributed by atoms with Crippen LogP contribution in [0.2, 0.25) is 0 Å². The highest BCUT2D eigenvalue weighted by Crippen LogP contribution is 2.20. The number of benzene rings is 1. The van der Waals surface area contributed by atoms with Crippen LogP contribution in [0, 0.1) is 0 Å². The molecule has 1 unspecified atom stereocenters. The fraction of sp³-hybridized carbons (Fsp3) is 0.357. The predicted octanol–water partition coefficient (Wildman–Crippen LogP) is 1.18. The van der Waals surface area contributed by atoms with Crippen molar-refractivity contribution in [2.75, 3.05) is 6.54 Å². The molecule has 0 fully saturated rings. The van der Waals surface area contributed by atoms with E-state index in [4.69, 9.17) is 5.73 Å². The molecule has 0 aliphatic rings. The van der Waals surface area contributed by atoms with Crippen molar-refractivity contribution in [1.82, 2.24) is 9.88 Å². The van der Waals surface area contributed by atoms with Gasteiger partial charge in [-0.2, -0.15) is 0 Å². The summed E-state index contributed by atoms with van der Waals surface area (Å²) in [5.41, 5.74) is 7.69. The minimum Gasteiger partial charge on any atom is -0.352 e. The molecule has 0 aliphatic heterocycles. The molecule has 1 aromatic carbocycles. The molecule has 1 aromatic heterocycles. The van der Waals surface area contributed by atoms with Crippen LogP contribution in [0.15, 0.2) is 30.5 Å². The normalized spacial score (nSPS) is 12.6. The summed E-state index contributed by atoms with van der Waals surface area (Å²) in [6.45, 7) is 2.36. The van der Waals surface area contributed by atoms with Gasteiger partial charge < -0.3 is 15.6 Å². The zero-order valence-electron chi connectivity index (χ0n) is 10.8. The maximum absolute atomic E-state index is 11.9. The largest absolute Gasteiger partial charge is 0.352 e. The number of amides is 1. The number of nitrogens with two attached hydrogens (primary N) is 1. The Morgan fingerprint density at radius 2 is 2.17 bits per heavy atom. The van der Waals surface area contributed by atoms with Crippen LogP contribution in [0.5, 0.6) is 0 Å². The minimum absolute atomic E-state index is 0.0179. The summed E-state index contributed by atoms with van der Waals surface area (Å²) in [6, 6.07) is 8.12. The van der Waals surface area contributed by atoms with Crippen LogP contribution >= 0.6 is 0 Å². The maximum Gasteiger partial charge on any atom is 0.224 e. The van der Waals surface area contributed by atoms with Crippen molar-refractivity contribution in [1.29, 1.82) is 0 Å². The van der Waals surface area contributed by atoms with E-state index in [9.17, 15) is 4.79 Å². The second-order valence-electron chi connectivity index (χ2n) is 4.66. The number of hydrogen-bond acceptors (Lipinski definition) is 2. The van der Waals surface area contributed by atoms with Gasteiger partial charge in [0, 0.05) is 36.7 Å². The quantitative estimate of drug-likeness (QED) is 0.850. The second-order valence-corrected chi connectivity index (χ2v) is 4.66. The van der Waals surface area contributed by atoms with Crippen LogP contribution in [-0.2, 0) is 18.3 Å². The highest BCUT2D eigenvalue weighted by molar-refractivity contribution is 5.89. The standard InChI is InChI=1S/C14H19N3O/c1-10(8-15)16-14(18)7-11-9-17(2)13-6-4-3-5-12(11)13/h3-6,9-10H,7-8,15H2,1-2H3,(H,16,18). The summed E-state index contributed by atoms with van der Waals surface area (Å²) in [7, 11) is 1.99. The lowest BCUT2D eigenvalue weighted by Gasteiger charge is -2.10. The lowest BCUT2D eigenvalue weighted by Crippen LogP contribution is -2.38. The third-order valence-corrected chi connectivity index (χ3v) is 3.09. The molecule has 2 rings (SSSR count). The molecule has 18 heavy (non-hydrogen) atoms. The van der Waals surface area contributed by atoms with Crippen LogP contribution in [-0.4, -0.2) is 23.1 Å². The molecule has 1 amide bonds. The van der Waals surface area contributed by atoms with Gasteiger partial charge in [0.05, 0.1) is 6.42 Å². The molecular weight excluding hydrogens is 226 g/mol. The fourth-order valence-corrected chi connectivity index (χ4v) is 2.12. The van der Waals surface area contributed by atoms with Crippen LogP contribution in [0.4, 0.5) is 0 Å². The summed E-state index contributed by atoms with van der Waals surface area (Å²) in [4.78, 5) is 11.9. The van der Waals surface area contributed by atoms with Gasteiger partial charge in [-0.25, -0.2) is 0 Å². The Morgan fingerprint density at radius 3 is 2.89 bits per heavy atom. The number of aromatic nitrogens is 1. The molecule has 0 saturated carbocycles. The van der Waals surface area contributed by atoms with Gasteiger partial charge >= 0.3 is 0 Å². The topological polar surface area (TPSA) is 60.0 Å². The van der Waals surface area contributed by atoms with E-state index in [0.717, 1.165) is 16.5 Å². The van der Waals surface area contributed by atoms with Gasteiger partial charge in [-0.3, -0.25) is 4.79 Å². The molecule has 0 bridgehead atoms. The average Bonchev–Trinajstić information content (AvgIpc) is 2.67. The number of nitrogens with zero attached hydrogens (tertiary/aromatic N) is 1. The highest BCUT2D eigenvalue weighted by atomic mass is 16.1. The summed E-state index contributed by atoms with van der Waals surface area (Å²) >= 11 is 0. The molecule has 0 saturated heterocycles. The van der Waals surface area contributed by atoms with Crippen molar-refractivity contribution < 1.29 is 4.79 Å². The lowest BCUT2D eigenvalue weighted by molar-refractivity contribution is -0.120. The van der Waals surface area contributed by atoms with Gasteiger partial charge in [-0.1, -0.05) is 18.2 Å². The molecule has 2 aromatic rings. The number of fused-ring (bicyclic) bond motifs is 1. The Hall–Kier alpha value is -1.81. The van der Waals surface area contributed by atoms with Gasteiger partial charge in [-0.05, 0) is 18.6 Å². The van der Waals surface area contributed by atoms with E-state index < -0.39 is 0 Å². The first-order chi connectivity index (χ1) is 8.61. The maximum atomic E-state index is 11.9. The van der Waals surface area contributed by atoms with E-state index >= 15 is 0 Å². The highest BCUT2D eigenvalue weighted by Gasteiger charge is 2.11. The SMILES string of the molecule is CC(CN)NC(=O)Cc1cn(C)c2ccccc12. The number of para-hydroxylation sites is 1. The summed E-state index contributed by atoms with van der Waals surface area (Å²) in [6.07, 6.45) is 2.41. The third-order valence-electron chi connectivity index (χ3n) is 3.09. The number of rotatable bonds is 4. The van der Waals surface area contributed by atoms with E-state index in [-0.39, 0.29) is 11.9 Å². The number of carbonyl (C=O) groups is 1. The number of hydrogen-bond donors (Lipinski definition) is 2. The van der Waals surface area contributed by atoms with Gasteiger partial charge in [0.25, 0.3) is 0 Å². The van der Waals surface area contributed by atoms with Crippen LogP contribution in [0.25, 0.3) is 10.9 Å². The van der Waals surface area contributed by atoms with Crippen molar-refractivity contribution in [3.63, 3.8) is 0 Å². The lowest BCUT2D eigenvalue weighted by atomic mass is 10.1. The molecule has 4 heteroatoms. The number of aryl methyl sites for hydroxylation is 1. The molecule has 0 radical (unpaired) electrons. The molecule has 4 nitrogen and oxygen atoms in total. The van der Waals surface area contributed by atoms with Gasteiger partial charge in [0.15, 0.2) is 0 Å². The molecule has 96 valence electrons. The summed E-state index contributed by atoms with van der Waals surface area (Å²) in [5, 5.41) is 4.01. The minimum atomic E-state index is 0.0179. The molecular formula is C14H19N3O. The summed E-state index contributed by atoms with van der Waals surface area (Å²) in [5.74, 6) is 0.0179. The Bertz CT molecular complexity index is 559. The average molecular weight is 245 g/mol. The van der Waals surface area contributed by atoms with Crippen LogP contribution < -0.4 is 11.1 Å². The van der Waals surface area contributed by atoms with Crippen molar-refractivity contribution >= 4 is 16.8 Å². The molecule has 1 atom stereocenters. The van der Waals surface area contributed by atoms with Crippen molar-refractivity contribution in [2.45, 2.75) is 19.4 Å².